The largest absolute Gasteiger partial charge is 0.478 e. The van der Waals surface area contributed by atoms with Crippen molar-refractivity contribution in [1.29, 1.82) is 0 Å². The Hall–Kier alpha value is -1.10. The van der Waals surface area contributed by atoms with Gasteiger partial charge < -0.3 is 10.4 Å². The van der Waals surface area contributed by atoms with Crippen molar-refractivity contribution in [2.75, 3.05) is 5.32 Å². The molecule has 0 aliphatic heterocycles. The van der Waals surface area contributed by atoms with Crippen LogP contribution in [-0.4, -0.2) is 21.0 Å². The first-order valence-electron chi connectivity index (χ1n) is 6.00. The molecular formula is C12H18N2O2S. The van der Waals surface area contributed by atoms with Crippen molar-refractivity contribution in [2.45, 2.75) is 51.5 Å². The third kappa shape index (κ3) is 2.60. The van der Waals surface area contributed by atoms with E-state index in [-0.39, 0.29) is 5.54 Å². The van der Waals surface area contributed by atoms with Gasteiger partial charge in [-0.3, -0.25) is 0 Å². The molecule has 1 saturated carbocycles. The summed E-state index contributed by atoms with van der Waals surface area (Å²) >= 11 is 1.25. The highest BCUT2D eigenvalue weighted by atomic mass is 32.1. The number of hydrogen-bond acceptors (Lipinski definition) is 4. The molecule has 17 heavy (non-hydrogen) atoms. The predicted octanol–water partition coefficient (Wildman–Crippen LogP) is 3.28. The Balaban J connectivity index is 2.20. The molecule has 1 heterocycles. The molecule has 2 rings (SSSR count). The number of nitrogens with zero attached hydrogens (tertiary/aromatic N) is 1. The van der Waals surface area contributed by atoms with E-state index < -0.39 is 5.97 Å². The summed E-state index contributed by atoms with van der Waals surface area (Å²) in [6, 6.07) is 0. The quantitative estimate of drug-likeness (QED) is 0.869. The lowest BCUT2D eigenvalue weighted by Crippen LogP contribution is -2.36. The summed E-state index contributed by atoms with van der Waals surface area (Å²) in [5.74, 6) is -0.891. The molecule has 94 valence electrons. The molecule has 0 bridgehead atoms. The summed E-state index contributed by atoms with van der Waals surface area (Å²) in [6.07, 6.45) is 5.91. The molecule has 0 aromatic carbocycles. The van der Waals surface area contributed by atoms with Crippen LogP contribution in [0.4, 0.5) is 5.00 Å². The van der Waals surface area contributed by atoms with Gasteiger partial charge in [-0.2, -0.15) is 4.37 Å². The minimum Gasteiger partial charge on any atom is -0.478 e. The molecule has 1 aromatic heterocycles. The summed E-state index contributed by atoms with van der Waals surface area (Å²) in [5, 5.41) is 13.3. The van der Waals surface area contributed by atoms with Gasteiger partial charge in [0.1, 0.15) is 10.6 Å². The Morgan fingerprint density at radius 1 is 1.41 bits per heavy atom. The lowest BCUT2D eigenvalue weighted by atomic mass is 9.83. The molecule has 2 N–H and O–H groups in total. The zero-order valence-electron chi connectivity index (χ0n) is 10.2. The maximum absolute atomic E-state index is 11.2. The van der Waals surface area contributed by atoms with E-state index in [0.29, 0.717) is 16.3 Å². The Labute approximate surface area is 105 Å². The van der Waals surface area contributed by atoms with Gasteiger partial charge in [0.25, 0.3) is 0 Å². The first-order valence-corrected chi connectivity index (χ1v) is 6.77. The maximum atomic E-state index is 11.2. The molecule has 1 fully saturated rings. The van der Waals surface area contributed by atoms with Gasteiger partial charge in [0.05, 0.1) is 5.69 Å². The molecule has 1 aliphatic carbocycles. The predicted molar refractivity (Wildman–Crippen MR) is 68.9 cm³/mol. The van der Waals surface area contributed by atoms with Crippen molar-refractivity contribution in [3.63, 3.8) is 0 Å². The van der Waals surface area contributed by atoms with Gasteiger partial charge in [0, 0.05) is 5.54 Å². The standard InChI is InChI=1S/C12H18N2O2S/c1-8-9(11(15)16)10(17-14-8)13-12(2)6-4-3-5-7-12/h13H,3-7H2,1-2H3,(H,15,16). The Kier molecular flexibility index (Phi) is 3.38. The van der Waals surface area contributed by atoms with Crippen molar-refractivity contribution in [2.24, 2.45) is 0 Å². The van der Waals surface area contributed by atoms with E-state index in [1.807, 2.05) is 0 Å². The van der Waals surface area contributed by atoms with E-state index in [4.69, 9.17) is 0 Å². The number of aromatic carboxylic acids is 1. The molecule has 0 unspecified atom stereocenters. The Morgan fingerprint density at radius 3 is 2.65 bits per heavy atom. The minimum atomic E-state index is -0.891. The van der Waals surface area contributed by atoms with Crippen LogP contribution in [0.3, 0.4) is 0 Å². The van der Waals surface area contributed by atoms with Crippen molar-refractivity contribution in [3.05, 3.63) is 11.3 Å². The lowest BCUT2D eigenvalue weighted by Gasteiger charge is -2.35. The maximum Gasteiger partial charge on any atom is 0.340 e. The van der Waals surface area contributed by atoms with E-state index in [2.05, 4.69) is 16.6 Å². The van der Waals surface area contributed by atoms with E-state index >= 15 is 0 Å². The second kappa shape index (κ2) is 4.64. The smallest absolute Gasteiger partial charge is 0.340 e. The fourth-order valence-corrected chi connectivity index (χ4v) is 3.38. The third-order valence-corrected chi connectivity index (χ3v) is 4.30. The number of carboxylic acid groups (broad SMARTS) is 1. The van der Waals surface area contributed by atoms with Crippen LogP contribution in [0.5, 0.6) is 0 Å². The molecule has 0 spiro atoms. The van der Waals surface area contributed by atoms with Crippen molar-refractivity contribution < 1.29 is 9.90 Å². The third-order valence-electron chi connectivity index (χ3n) is 3.45. The minimum absolute atomic E-state index is 0.0292. The second-order valence-corrected chi connectivity index (χ2v) is 5.80. The number of aryl methyl sites for hydroxylation is 1. The number of aromatic nitrogens is 1. The van der Waals surface area contributed by atoms with Gasteiger partial charge in [0.2, 0.25) is 0 Å². The van der Waals surface area contributed by atoms with Crippen molar-refractivity contribution in [3.8, 4) is 0 Å². The molecule has 1 aromatic rings. The molecule has 0 amide bonds. The second-order valence-electron chi connectivity index (χ2n) is 5.02. The van der Waals surface area contributed by atoms with Gasteiger partial charge in [0.15, 0.2) is 0 Å². The molecule has 1 aliphatic rings. The average Bonchev–Trinajstić information content (AvgIpc) is 2.60. The number of carboxylic acids is 1. The van der Waals surface area contributed by atoms with Gasteiger partial charge in [-0.1, -0.05) is 19.3 Å². The van der Waals surface area contributed by atoms with Crippen molar-refractivity contribution >= 4 is 22.5 Å². The van der Waals surface area contributed by atoms with E-state index in [1.54, 1.807) is 6.92 Å². The molecule has 0 saturated heterocycles. The highest BCUT2D eigenvalue weighted by Gasteiger charge is 2.29. The highest BCUT2D eigenvalue weighted by Crippen LogP contribution is 2.34. The first-order chi connectivity index (χ1) is 8.02. The SMILES string of the molecule is Cc1nsc(NC2(C)CCCCC2)c1C(=O)O. The summed E-state index contributed by atoms with van der Waals surface area (Å²) in [6.45, 7) is 3.92. The number of anilines is 1. The number of rotatable bonds is 3. The molecule has 4 nitrogen and oxygen atoms in total. The van der Waals surface area contributed by atoms with E-state index in [9.17, 15) is 9.90 Å². The summed E-state index contributed by atoms with van der Waals surface area (Å²) in [7, 11) is 0. The molecule has 0 atom stereocenters. The van der Waals surface area contributed by atoms with Crippen LogP contribution in [0, 0.1) is 6.92 Å². The zero-order chi connectivity index (χ0) is 12.5. The summed E-state index contributed by atoms with van der Waals surface area (Å²) in [4.78, 5) is 11.2. The number of nitrogens with one attached hydrogen (secondary N) is 1. The van der Waals surface area contributed by atoms with Crippen LogP contribution in [0.15, 0.2) is 0 Å². The topological polar surface area (TPSA) is 62.2 Å². The van der Waals surface area contributed by atoms with Gasteiger partial charge in [-0.05, 0) is 38.2 Å². The lowest BCUT2D eigenvalue weighted by molar-refractivity contribution is 0.0697. The van der Waals surface area contributed by atoms with Gasteiger partial charge in [-0.15, -0.1) is 0 Å². The van der Waals surface area contributed by atoms with Gasteiger partial charge >= 0.3 is 5.97 Å². The van der Waals surface area contributed by atoms with Crippen LogP contribution < -0.4 is 5.32 Å². The van der Waals surface area contributed by atoms with E-state index in [0.717, 1.165) is 12.8 Å². The fourth-order valence-electron chi connectivity index (χ4n) is 2.44. The Bertz CT molecular complexity index is 422. The molecule has 5 heteroatoms. The highest BCUT2D eigenvalue weighted by molar-refractivity contribution is 7.10. The van der Waals surface area contributed by atoms with Crippen LogP contribution in [0.25, 0.3) is 0 Å². The average molecular weight is 254 g/mol. The normalized spacial score (nSPS) is 18.9. The summed E-state index contributed by atoms with van der Waals surface area (Å²) < 4.78 is 4.13. The zero-order valence-corrected chi connectivity index (χ0v) is 11.1. The van der Waals surface area contributed by atoms with Crippen LogP contribution in [0.1, 0.15) is 55.1 Å². The van der Waals surface area contributed by atoms with Crippen LogP contribution >= 0.6 is 11.5 Å². The van der Waals surface area contributed by atoms with E-state index in [1.165, 1.54) is 30.8 Å². The molecular weight excluding hydrogens is 236 g/mol. The fraction of sp³-hybridized carbons (Fsp3) is 0.667. The number of hydrogen-bond donors (Lipinski definition) is 2. The first kappa shape index (κ1) is 12.4. The monoisotopic (exact) mass is 254 g/mol. The van der Waals surface area contributed by atoms with Crippen LogP contribution in [-0.2, 0) is 0 Å². The Morgan fingerprint density at radius 2 is 2.06 bits per heavy atom. The summed E-state index contributed by atoms with van der Waals surface area (Å²) in [5.41, 5.74) is 0.965. The number of carbonyl (C=O) groups is 1. The van der Waals surface area contributed by atoms with Crippen molar-refractivity contribution in [1.82, 2.24) is 4.37 Å². The van der Waals surface area contributed by atoms with Gasteiger partial charge in [-0.25, -0.2) is 4.79 Å². The molecule has 0 radical (unpaired) electrons. The van der Waals surface area contributed by atoms with Crippen LogP contribution in [0.2, 0.25) is 0 Å².